The van der Waals surface area contributed by atoms with Gasteiger partial charge in [-0.1, -0.05) is 12.8 Å². The first-order valence-electron chi connectivity index (χ1n) is 30.0. The normalized spacial score (nSPS) is 18.2. The summed E-state index contributed by atoms with van der Waals surface area (Å²) < 4.78 is 0. The van der Waals surface area contributed by atoms with E-state index < -0.39 is 133 Å². The monoisotopic (exact) mass is 1280 g/mol. The largest absolute Gasteiger partial charge is 0.480 e. The quantitative estimate of drug-likeness (QED) is 0.0117. The number of fused-ring (bicyclic) bond motifs is 1. The predicted molar refractivity (Wildman–Crippen MR) is 329 cm³/mol. The Bertz CT molecular complexity index is 2430. The van der Waals surface area contributed by atoms with Crippen LogP contribution in [0.25, 0.3) is 0 Å². The highest BCUT2D eigenvalue weighted by Crippen LogP contribution is 2.33. The Labute approximate surface area is 522 Å². The molecule has 12 amide bonds. The van der Waals surface area contributed by atoms with Crippen LogP contribution in [0, 0.1) is 0 Å². The highest BCUT2D eigenvalue weighted by Gasteiger charge is 2.43. The number of thioether (sulfide) groups is 1. The van der Waals surface area contributed by atoms with Gasteiger partial charge in [0.15, 0.2) is 11.9 Å². The first-order valence-corrected chi connectivity index (χ1v) is 31.1. The number of aliphatic imine (C=N–C) groups is 2. The fourth-order valence-electron chi connectivity index (χ4n) is 9.38. The van der Waals surface area contributed by atoms with E-state index in [0.717, 1.165) is 31.9 Å². The third-order valence-corrected chi connectivity index (χ3v) is 15.9. The maximum atomic E-state index is 14.2. The van der Waals surface area contributed by atoms with Gasteiger partial charge in [-0.05, 0) is 118 Å². The number of nitrogens with zero attached hydrogens (tertiary/aromatic N) is 2. The van der Waals surface area contributed by atoms with E-state index >= 15 is 0 Å². The third kappa shape index (κ3) is 30.8. The minimum absolute atomic E-state index is 0.0229. The molecule has 0 aliphatic carbocycles. The zero-order chi connectivity index (χ0) is 66.8. The number of carbonyl (C=O) groups is 12. The minimum Gasteiger partial charge on any atom is -0.480 e. The van der Waals surface area contributed by atoms with Crippen LogP contribution in [0.4, 0.5) is 4.79 Å². The molecule has 504 valence electrons. The van der Waals surface area contributed by atoms with Crippen LogP contribution < -0.4 is 92.5 Å². The van der Waals surface area contributed by atoms with Crippen molar-refractivity contribution in [3.8, 4) is 0 Å². The zero-order valence-electron chi connectivity index (χ0n) is 51.5. The number of nitrogens with two attached hydrogens (primary N) is 5. The van der Waals surface area contributed by atoms with Gasteiger partial charge in [0, 0.05) is 49.9 Å². The van der Waals surface area contributed by atoms with E-state index in [1.807, 2.05) is 11.8 Å². The minimum atomic E-state index is -1.80. The lowest BCUT2D eigenvalue weighted by Crippen LogP contribution is -2.62. The van der Waals surface area contributed by atoms with Gasteiger partial charge in [0.05, 0.1) is 24.3 Å². The molecule has 0 aromatic carbocycles. The molecule has 2 aliphatic heterocycles. The highest BCUT2D eigenvalue weighted by atomic mass is 32.2. The van der Waals surface area contributed by atoms with Crippen molar-refractivity contribution >= 4 is 94.8 Å². The lowest BCUT2D eigenvalue weighted by molar-refractivity contribution is -0.142. The number of aliphatic hydroxyl groups excluding tert-OH is 2. The first kappa shape index (κ1) is 77.3. The van der Waals surface area contributed by atoms with Crippen molar-refractivity contribution in [2.45, 2.75) is 215 Å². The Kier molecular flexibility index (Phi) is 36.0. The van der Waals surface area contributed by atoms with Crippen molar-refractivity contribution in [2.24, 2.45) is 38.7 Å². The Balaban J connectivity index is 2.12. The van der Waals surface area contributed by atoms with Gasteiger partial charge in [0.1, 0.15) is 48.3 Å². The summed E-state index contributed by atoms with van der Waals surface area (Å²) in [5.41, 5.74) is 26.9. The summed E-state index contributed by atoms with van der Waals surface area (Å²) in [6.07, 6.45) is 1.15. The van der Waals surface area contributed by atoms with Gasteiger partial charge >= 0.3 is 12.0 Å². The highest BCUT2D eigenvalue weighted by molar-refractivity contribution is 8.00. The lowest BCUT2D eigenvalue weighted by atomic mass is 10.0. The van der Waals surface area contributed by atoms with Gasteiger partial charge in [-0.15, -0.1) is 0 Å². The molecular formula is C54H97N19O15S. The Hall–Kier alpha value is -7.79. The topological polar surface area (TPSA) is 565 Å². The number of carboxylic acids is 1. The van der Waals surface area contributed by atoms with Crippen LogP contribution in [0.5, 0.6) is 0 Å². The first-order chi connectivity index (χ1) is 42.0. The van der Waals surface area contributed by atoms with Gasteiger partial charge < -0.3 is 108 Å². The SMILES string of the molecule is CNCCCC[C@H](NC(=O)[C@@H](NC(=O)[C@H](CCCN=C(N)N)NC(=O)[C@H](C)NC(=O)CCCCCNC(=O)CCCC[C@@H]1SC[C@@H]2NC(=O)N[C@@H]21)[C@@H](C)O)C(=O)N[C@@H](CCC(N)=O)C(=O)N[C@H](C(=O)N[C@@H](C)C(=O)N[C@@H](CCCN=C(N)N)C(=O)O)[C@@H](C)O. The van der Waals surface area contributed by atoms with Crippen molar-refractivity contribution in [3.63, 3.8) is 0 Å². The Morgan fingerprint density at radius 3 is 1.55 bits per heavy atom. The molecule has 0 radical (unpaired) electrons. The van der Waals surface area contributed by atoms with Crippen molar-refractivity contribution in [2.75, 3.05) is 39.0 Å². The van der Waals surface area contributed by atoms with Gasteiger partial charge in [0.2, 0.25) is 59.1 Å². The molecule has 25 N–H and O–H groups in total. The molecule has 0 aromatic heterocycles. The molecule has 0 unspecified atom stereocenters. The Morgan fingerprint density at radius 2 is 1.00 bits per heavy atom. The third-order valence-electron chi connectivity index (χ3n) is 14.4. The Morgan fingerprint density at radius 1 is 0.528 bits per heavy atom. The number of guanidine groups is 2. The number of urea groups is 1. The number of carboxylic acid groups (broad SMARTS) is 1. The fourth-order valence-corrected chi connectivity index (χ4v) is 10.9. The van der Waals surface area contributed by atoms with Gasteiger partial charge in [-0.2, -0.15) is 11.8 Å². The van der Waals surface area contributed by atoms with Crippen LogP contribution in [0.3, 0.4) is 0 Å². The number of aliphatic hydroxyl groups is 2. The molecular weight excluding hydrogens is 1190 g/mol. The number of nitrogens with one attached hydrogen (secondary N) is 12. The fraction of sp³-hybridized carbons (Fsp3) is 0.741. The van der Waals surface area contributed by atoms with Gasteiger partial charge in [-0.25, -0.2) is 9.59 Å². The van der Waals surface area contributed by atoms with E-state index in [9.17, 15) is 72.9 Å². The van der Waals surface area contributed by atoms with Crippen molar-refractivity contribution in [1.29, 1.82) is 0 Å². The summed E-state index contributed by atoms with van der Waals surface area (Å²) in [5.74, 6) is -9.37. The van der Waals surface area contributed by atoms with Gasteiger partial charge in [-0.3, -0.25) is 57.9 Å². The standard InChI is InChI=1S/C54H97N19O15S/c1-28(64-40(78)20-7-6-11-24-61-39(77)19-9-8-18-37-43-36(27-89-37)70-54(88)73-43)44(79)66-33(16-13-25-62-52(56)57)47(82)72-42(31(4)75)50(85)68-32(15-10-12-23-60-5)46(81)67-34(21-22-38(55)76)48(83)71-41(30(3)74)49(84)65-29(2)45(80)69-35(51(86)87)17-14-26-63-53(58)59/h28-37,41-43,60,74-75H,6-27H2,1-5H3,(H2,55,76)(H,61,77)(H,64,78)(H,65,84)(H,66,79)(H,67,81)(H,68,85)(H,69,80)(H,71,83)(H,72,82)(H,86,87)(H4,56,57,62)(H4,58,59,63)(H2,70,73,88)/t28-,29-,30+,31+,32-,33-,34-,35-,36-,37-,41-,42-,43-/m0/s1. The average molecular weight is 1280 g/mol. The molecule has 2 aliphatic rings. The summed E-state index contributed by atoms with van der Waals surface area (Å²) in [4.78, 5) is 165. The lowest BCUT2D eigenvalue weighted by Gasteiger charge is -2.29. The smallest absolute Gasteiger partial charge is 0.326 e. The number of amides is 12. The molecule has 0 bridgehead atoms. The van der Waals surface area contributed by atoms with E-state index in [1.54, 1.807) is 7.05 Å². The van der Waals surface area contributed by atoms with Crippen LogP contribution in [0.2, 0.25) is 0 Å². The predicted octanol–water partition coefficient (Wildman–Crippen LogP) is -6.08. The van der Waals surface area contributed by atoms with Crippen LogP contribution in [0.1, 0.15) is 137 Å². The molecule has 34 nitrogen and oxygen atoms in total. The molecule has 2 fully saturated rings. The second kappa shape index (κ2) is 41.4. The molecule has 89 heavy (non-hydrogen) atoms. The second-order valence-corrected chi connectivity index (χ2v) is 23.4. The summed E-state index contributed by atoms with van der Waals surface area (Å²) in [5, 5.41) is 62.7. The number of rotatable bonds is 45. The summed E-state index contributed by atoms with van der Waals surface area (Å²) >= 11 is 1.83. The van der Waals surface area contributed by atoms with E-state index in [0.29, 0.717) is 50.4 Å². The van der Waals surface area contributed by atoms with E-state index in [4.69, 9.17) is 28.7 Å². The average Bonchev–Trinajstić information content (AvgIpc) is 2.14. The maximum Gasteiger partial charge on any atom is 0.326 e. The number of carbonyl (C=O) groups excluding carboxylic acids is 11. The van der Waals surface area contributed by atoms with Crippen molar-refractivity contribution < 1.29 is 72.9 Å². The molecule has 0 saturated carbocycles. The van der Waals surface area contributed by atoms with Gasteiger partial charge in [0.25, 0.3) is 0 Å². The molecule has 2 heterocycles. The summed E-state index contributed by atoms with van der Waals surface area (Å²) in [7, 11) is 1.69. The number of aliphatic carboxylic acids is 1. The molecule has 0 spiro atoms. The van der Waals surface area contributed by atoms with E-state index in [1.165, 1.54) is 20.8 Å². The number of unbranched alkanes of at least 4 members (excludes halogenated alkanes) is 4. The second-order valence-electron chi connectivity index (χ2n) is 22.1. The summed E-state index contributed by atoms with van der Waals surface area (Å²) in [6.45, 7) is 5.92. The zero-order valence-corrected chi connectivity index (χ0v) is 52.3. The van der Waals surface area contributed by atoms with E-state index in [2.05, 4.69) is 73.8 Å². The van der Waals surface area contributed by atoms with Crippen LogP contribution in [0.15, 0.2) is 9.98 Å². The summed E-state index contributed by atoms with van der Waals surface area (Å²) in [6, 6.07) is -12.0. The molecule has 2 saturated heterocycles. The molecule has 0 aromatic rings. The number of primary amides is 1. The van der Waals surface area contributed by atoms with E-state index in [-0.39, 0.29) is 94.0 Å². The molecule has 35 heteroatoms. The molecule has 13 atom stereocenters. The molecule has 2 rings (SSSR count). The number of hydrogen-bond acceptors (Lipinski definition) is 18. The number of hydrogen-bond donors (Lipinski definition) is 20. The van der Waals surface area contributed by atoms with Crippen LogP contribution >= 0.6 is 11.8 Å². The van der Waals surface area contributed by atoms with Crippen molar-refractivity contribution in [1.82, 2.24) is 63.8 Å². The van der Waals surface area contributed by atoms with Crippen molar-refractivity contribution in [3.05, 3.63) is 0 Å². The maximum absolute atomic E-state index is 14.2. The van der Waals surface area contributed by atoms with Crippen LogP contribution in [-0.2, 0) is 52.7 Å². The van der Waals surface area contributed by atoms with Crippen LogP contribution in [-0.4, -0.2) is 215 Å².